The lowest BCUT2D eigenvalue weighted by Gasteiger charge is -2.12. The minimum absolute atomic E-state index is 0.0899. The number of nitrogens with zero attached hydrogens (tertiary/aromatic N) is 1. The third kappa shape index (κ3) is 4.85. The number of nitro benzene ring substituents is 1. The minimum atomic E-state index is -1.48. The summed E-state index contributed by atoms with van der Waals surface area (Å²) in [4.78, 5) is 33.7. The number of nitrogens with one attached hydrogen (secondary N) is 1. The number of amides is 1. The summed E-state index contributed by atoms with van der Waals surface area (Å²) in [6, 6.07) is 12.2. The van der Waals surface area contributed by atoms with Gasteiger partial charge in [-0.25, -0.2) is 4.79 Å². The van der Waals surface area contributed by atoms with Gasteiger partial charge in [0.25, 0.3) is 11.6 Å². The second-order valence-electron chi connectivity index (χ2n) is 5.23. The molecule has 1 atom stereocenters. The van der Waals surface area contributed by atoms with Crippen LogP contribution in [-0.2, 0) is 14.3 Å². The SMILES string of the molecule is Cc1cc([N+](=O)[O-])ccc1NC(=O)COC(=O)[C@@H](O)c1ccccc1. The van der Waals surface area contributed by atoms with Gasteiger partial charge in [-0.1, -0.05) is 30.3 Å². The first-order valence-corrected chi connectivity index (χ1v) is 7.33. The van der Waals surface area contributed by atoms with E-state index in [2.05, 4.69) is 5.32 Å². The molecule has 0 aliphatic heterocycles. The van der Waals surface area contributed by atoms with Crippen LogP contribution in [0.25, 0.3) is 0 Å². The molecule has 1 amide bonds. The van der Waals surface area contributed by atoms with Crippen LogP contribution in [0.2, 0.25) is 0 Å². The van der Waals surface area contributed by atoms with Crippen LogP contribution in [0.4, 0.5) is 11.4 Å². The van der Waals surface area contributed by atoms with Gasteiger partial charge in [0.1, 0.15) is 0 Å². The number of carbonyl (C=O) groups excluding carboxylic acids is 2. The fraction of sp³-hybridized carbons (Fsp3) is 0.176. The van der Waals surface area contributed by atoms with Gasteiger partial charge in [0.15, 0.2) is 12.7 Å². The maximum atomic E-state index is 11.8. The van der Waals surface area contributed by atoms with Crippen LogP contribution >= 0.6 is 0 Å². The van der Waals surface area contributed by atoms with E-state index in [1.54, 1.807) is 37.3 Å². The molecule has 0 radical (unpaired) electrons. The molecule has 0 bridgehead atoms. The van der Waals surface area contributed by atoms with Crippen molar-refractivity contribution in [3.8, 4) is 0 Å². The maximum absolute atomic E-state index is 11.8. The summed E-state index contributed by atoms with van der Waals surface area (Å²) in [7, 11) is 0. The Morgan fingerprint density at radius 2 is 1.92 bits per heavy atom. The first kappa shape index (κ1) is 18.1. The summed E-state index contributed by atoms with van der Waals surface area (Å²) < 4.78 is 4.78. The summed E-state index contributed by atoms with van der Waals surface area (Å²) in [6.07, 6.45) is -1.48. The fourth-order valence-electron chi connectivity index (χ4n) is 2.07. The largest absolute Gasteiger partial charge is 0.453 e. The quantitative estimate of drug-likeness (QED) is 0.471. The number of benzene rings is 2. The first-order valence-electron chi connectivity index (χ1n) is 7.33. The number of anilines is 1. The molecule has 0 saturated heterocycles. The lowest BCUT2D eigenvalue weighted by Crippen LogP contribution is -2.24. The molecule has 0 aliphatic rings. The van der Waals surface area contributed by atoms with E-state index in [0.717, 1.165) is 0 Å². The third-order valence-corrected chi connectivity index (χ3v) is 3.38. The number of carbonyl (C=O) groups is 2. The highest BCUT2D eigenvalue weighted by molar-refractivity contribution is 5.93. The predicted molar refractivity (Wildman–Crippen MR) is 88.8 cm³/mol. The van der Waals surface area contributed by atoms with E-state index in [0.29, 0.717) is 16.8 Å². The number of aliphatic hydroxyl groups is 1. The molecule has 2 rings (SSSR count). The molecular formula is C17H16N2O6. The maximum Gasteiger partial charge on any atom is 0.340 e. The van der Waals surface area contributed by atoms with Crippen LogP contribution in [-0.4, -0.2) is 28.5 Å². The number of ether oxygens (including phenoxy) is 1. The van der Waals surface area contributed by atoms with Gasteiger partial charge in [0.2, 0.25) is 0 Å². The van der Waals surface area contributed by atoms with Gasteiger partial charge in [0, 0.05) is 17.8 Å². The molecule has 0 heterocycles. The van der Waals surface area contributed by atoms with Gasteiger partial charge in [-0.2, -0.15) is 0 Å². The normalized spacial score (nSPS) is 11.4. The number of rotatable bonds is 6. The van der Waals surface area contributed by atoms with Crippen molar-refractivity contribution in [3.05, 3.63) is 69.8 Å². The number of esters is 1. The van der Waals surface area contributed by atoms with Crippen LogP contribution in [0.15, 0.2) is 48.5 Å². The van der Waals surface area contributed by atoms with E-state index in [-0.39, 0.29) is 5.69 Å². The lowest BCUT2D eigenvalue weighted by molar-refractivity contribution is -0.384. The van der Waals surface area contributed by atoms with E-state index < -0.39 is 29.5 Å². The Morgan fingerprint density at radius 3 is 2.52 bits per heavy atom. The Morgan fingerprint density at radius 1 is 1.24 bits per heavy atom. The van der Waals surface area contributed by atoms with Crippen molar-refractivity contribution in [1.29, 1.82) is 0 Å². The van der Waals surface area contributed by atoms with Crippen molar-refractivity contribution in [2.24, 2.45) is 0 Å². The first-order chi connectivity index (χ1) is 11.9. The van der Waals surface area contributed by atoms with E-state index in [1.165, 1.54) is 18.2 Å². The van der Waals surface area contributed by atoms with Gasteiger partial charge >= 0.3 is 5.97 Å². The molecule has 0 aromatic heterocycles. The number of hydrogen-bond donors (Lipinski definition) is 2. The Labute approximate surface area is 143 Å². The average molecular weight is 344 g/mol. The van der Waals surface area contributed by atoms with Gasteiger partial charge in [-0.05, 0) is 24.1 Å². The molecule has 2 aromatic rings. The van der Waals surface area contributed by atoms with Crippen molar-refractivity contribution in [3.63, 3.8) is 0 Å². The number of nitro groups is 1. The standard InChI is InChI=1S/C17H16N2O6/c1-11-9-13(19(23)24)7-8-14(11)18-15(20)10-25-17(22)16(21)12-5-3-2-4-6-12/h2-9,16,21H,10H2,1H3,(H,18,20)/t16-/m0/s1. The summed E-state index contributed by atoms with van der Waals surface area (Å²) in [5, 5.41) is 23.0. The van der Waals surface area contributed by atoms with Crippen molar-refractivity contribution >= 4 is 23.3 Å². The smallest absolute Gasteiger partial charge is 0.340 e. The summed E-state index contributed by atoms with van der Waals surface area (Å²) in [6.45, 7) is 1.02. The summed E-state index contributed by atoms with van der Waals surface area (Å²) in [5.74, 6) is -1.56. The number of non-ortho nitro benzene ring substituents is 1. The molecular weight excluding hydrogens is 328 g/mol. The molecule has 0 spiro atoms. The summed E-state index contributed by atoms with van der Waals surface area (Å²) in [5.41, 5.74) is 1.14. The minimum Gasteiger partial charge on any atom is -0.453 e. The second kappa shape index (κ2) is 8.02. The summed E-state index contributed by atoms with van der Waals surface area (Å²) >= 11 is 0. The Hall–Kier alpha value is -3.26. The van der Waals surface area contributed by atoms with E-state index in [9.17, 15) is 24.8 Å². The zero-order valence-electron chi connectivity index (χ0n) is 13.3. The van der Waals surface area contributed by atoms with Crippen LogP contribution in [0.1, 0.15) is 17.2 Å². The fourth-order valence-corrected chi connectivity index (χ4v) is 2.07. The molecule has 0 fully saturated rings. The van der Waals surface area contributed by atoms with Crippen LogP contribution in [0.3, 0.4) is 0 Å². The molecule has 0 unspecified atom stereocenters. The van der Waals surface area contributed by atoms with Crippen LogP contribution in [0, 0.1) is 17.0 Å². The number of hydrogen-bond acceptors (Lipinski definition) is 6. The van der Waals surface area contributed by atoms with Gasteiger partial charge in [0.05, 0.1) is 4.92 Å². The third-order valence-electron chi connectivity index (χ3n) is 3.38. The predicted octanol–water partition coefficient (Wildman–Crippen LogP) is 2.12. The number of aryl methyl sites for hydroxylation is 1. The molecule has 8 heteroatoms. The topological polar surface area (TPSA) is 119 Å². The van der Waals surface area contributed by atoms with Crippen molar-refractivity contribution in [2.75, 3.05) is 11.9 Å². The second-order valence-corrected chi connectivity index (χ2v) is 5.23. The average Bonchev–Trinajstić information content (AvgIpc) is 2.61. The monoisotopic (exact) mass is 344 g/mol. The Kier molecular flexibility index (Phi) is 5.80. The molecule has 25 heavy (non-hydrogen) atoms. The lowest BCUT2D eigenvalue weighted by atomic mass is 10.1. The van der Waals surface area contributed by atoms with E-state index in [4.69, 9.17) is 4.74 Å². The molecule has 0 aliphatic carbocycles. The molecule has 2 N–H and O–H groups in total. The Bertz CT molecular complexity index is 791. The highest BCUT2D eigenvalue weighted by Crippen LogP contribution is 2.21. The van der Waals surface area contributed by atoms with Crippen molar-refractivity contribution in [1.82, 2.24) is 0 Å². The van der Waals surface area contributed by atoms with Crippen LogP contribution in [0.5, 0.6) is 0 Å². The molecule has 2 aromatic carbocycles. The number of aliphatic hydroxyl groups excluding tert-OH is 1. The van der Waals surface area contributed by atoms with Crippen LogP contribution < -0.4 is 5.32 Å². The van der Waals surface area contributed by atoms with Gasteiger partial charge in [-0.3, -0.25) is 14.9 Å². The highest BCUT2D eigenvalue weighted by Gasteiger charge is 2.20. The van der Waals surface area contributed by atoms with E-state index >= 15 is 0 Å². The van der Waals surface area contributed by atoms with Gasteiger partial charge < -0.3 is 15.2 Å². The van der Waals surface area contributed by atoms with E-state index in [1.807, 2.05) is 0 Å². The van der Waals surface area contributed by atoms with Crippen molar-refractivity contribution < 1.29 is 24.4 Å². The molecule has 130 valence electrons. The highest BCUT2D eigenvalue weighted by atomic mass is 16.6. The zero-order chi connectivity index (χ0) is 18.4. The van der Waals surface area contributed by atoms with Crippen molar-refractivity contribution in [2.45, 2.75) is 13.0 Å². The molecule has 0 saturated carbocycles. The Balaban J connectivity index is 1.90. The zero-order valence-corrected chi connectivity index (χ0v) is 13.3. The van der Waals surface area contributed by atoms with Gasteiger partial charge in [-0.15, -0.1) is 0 Å². The molecule has 8 nitrogen and oxygen atoms in total.